The third-order valence-electron chi connectivity index (χ3n) is 5.53. The van der Waals surface area contributed by atoms with Gasteiger partial charge in [0, 0.05) is 31.2 Å². The largest absolute Gasteiger partial charge is 0.507 e. The number of anilines is 1. The first-order chi connectivity index (χ1) is 13.7. The van der Waals surface area contributed by atoms with Crippen LogP contribution in [0.1, 0.15) is 29.5 Å². The molecule has 2 N–H and O–H groups in total. The molecule has 2 aliphatic heterocycles. The highest BCUT2D eigenvalue weighted by Gasteiger charge is 2.33. The number of alkyl halides is 4. The molecule has 3 heterocycles. The number of phenols is 1. The highest BCUT2D eigenvalue weighted by atomic mass is 19.4. The van der Waals surface area contributed by atoms with Gasteiger partial charge in [0.1, 0.15) is 11.9 Å². The zero-order valence-corrected chi connectivity index (χ0v) is 15.9. The number of phenolic OH excluding ortho intramolecular Hbond substituents is 1. The lowest BCUT2D eigenvalue weighted by atomic mass is 9.98. The minimum absolute atomic E-state index is 0.0543. The van der Waals surface area contributed by atoms with Gasteiger partial charge in [-0.15, -0.1) is 10.2 Å². The molecule has 1 fully saturated rings. The van der Waals surface area contributed by atoms with Crippen molar-refractivity contribution >= 4 is 5.82 Å². The summed E-state index contributed by atoms with van der Waals surface area (Å²) in [5.74, 6) is 0.247. The number of halogens is 4. The Morgan fingerprint density at radius 3 is 2.69 bits per heavy atom. The minimum atomic E-state index is -4.53. The average Bonchev–Trinajstić information content (AvgIpc) is 3.05. The zero-order chi connectivity index (χ0) is 20.8. The fourth-order valence-corrected chi connectivity index (χ4v) is 4.18. The lowest BCUT2D eigenvalue weighted by Crippen LogP contribution is -2.40. The average molecular weight is 410 g/mol. The summed E-state index contributed by atoms with van der Waals surface area (Å²) >= 11 is 0. The molecule has 1 saturated heterocycles. The summed E-state index contributed by atoms with van der Waals surface area (Å²) in [7, 11) is 0. The van der Waals surface area contributed by atoms with Gasteiger partial charge in [-0.1, -0.05) is 0 Å². The summed E-state index contributed by atoms with van der Waals surface area (Å²) < 4.78 is 52.3. The lowest BCUT2D eigenvalue weighted by Gasteiger charge is -2.31. The molecule has 1 aromatic heterocycles. The van der Waals surface area contributed by atoms with Crippen molar-refractivity contribution < 1.29 is 22.7 Å². The maximum atomic E-state index is 13.4. The Morgan fingerprint density at radius 1 is 1.24 bits per heavy atom. The fraction of sp³-hybridized carbons (Fsp3) is 0.500. The molecule has 0 radical (unpaired) electrons. The van der Waals surface area contributed by atoms with Gasteiger partial charge in [-0.25, -0.2) is 4.39 Å². The van der Waals surface area contributed by atoms with Crippen LogP contribution in [0.2, 0.25) is 0 Å². The van der Waals surface area contributed by atoms with E-state index in [2.05, 4.69) is 20.4 Å². The van der Waals surface area contributed by atoms with Crippen molar-refractivity contribution in [2.75, 3.05) is 24.5 Å². The molecular formula is C20H22F4N4O. The standard InChI is InChI=1S/C20H22F4N4O/c1-11-5-13(20(22,23)24)7-17(29)18(11)16-6-12-3-2-4-28(19(12)27-26-16)10-15-8-14(21)9-25-15/h5-7,14-15,25,29H,2-4,8-10H2,1H3/t14-,15-/m0/s1. The van der Waals surface area contributed by atoms with E-state index in [9.17, 15) is 22.7 Å². The van der Waals surface area contributed by atoms with Gasteiger partial charge in [0.05, 0.1) is 11.3 Å². The fourth-order valence-electron chi connectivity index (χ4n) is 4.18. The molecule has 2 atom stereocenters. The molecule has 29 heavy (non-hydrogen) atoms. The van der Waals surface area contributed by atoms with Gasteiger partial charge in [0.25, 0.3) is 0 Å². The van der Waals surface area contributed by atoms with Crippen molar-refractivity contribution in [1.29, 1.82) is 0 Å². The predicted molar refractivity (Wildman–Crippen MR) is 101 cm³/mol. The second-order valence-corrected chi connectivity index (χ2v) is 7.75. The molecule has 0 spiro atoms. The number of hydrogen-bond acceptors (Lipinski definition) is 5. The van der Waals surface area contributed by atoms with Gasteiger partial charge in [0.15, 0.2) is 5.82 Å². The molecule has 0 bridgehead atoms. The van der Waals surface area contributed by atoms with Crippen LogP contribution in [0, 0.1) is 6.92 Å². The van der Waals surface area contributed by atoms with Crippen molar-refractivity contribution in [3.8, 4) is 17.0 Å². The quantitative estimate of drug-likeness (QED) is 0.757. The summed E-state index contributed by atoms with van der Waals surface area (Å²) in [6.07, 6.45) is -3.24. The number of benzene rings is 1. The van der Waals surface area contributed by atoms with Gasteiger partial charge in [-0.05, 0) is 55.5 Å². The summed E-state index contributed by atoms with van der Waals surface area (Å²) in [5.41, 5.74) is 0.905. The minimum Gasteiger partial charge on any atom is -0.507 e. The molecule has 0 amide bonds. The summed E-state index contributed by atoms with van der Waals surface area (Å²) in [6, 6.07) is 3.55. The topological polar surface area (TPSA) is 61.3 Å². The summed E-state index contributed by atoms with van der Waals surface area (Å²) in [6.45, 7) is 3.30. The predicted octanol–water partition coefficient (Wildman–Crippen LogP) is 3.63. The van der Waals surface area contributed by atoms with Crippen LogP contribution in [0.4, 0.5) is 23.4 Å². The Hall–Kier alpha value is -2.42. The Bertz CT molecular complexity index is 895. The Labute approximate surface area is 165 Å². The third-order valence-corrected chi connectivity index (χ3v) is 5.53. The van der Waals surface area contributed by atoms with E-state index in [-0.39, 0.29) is 17.2 Å². The van der Waals surface area contributed by atoms with E-state index in [0.29, 0.717) is 31.0 Å². The number of rotatable bonds is 3. The normalized spacial score (nSPS) is 22.0. The van der Waals surface area contributed by atoms with Crippen LogP contribution >= 0.6 is 0 Å². The van der Waals surface area contributed by atoms with Gasteiger partial charge in [-0.2, -0.15) is 13.2 Å². The highest BCUT2D eigenvalue weighted by molar-refractivity contribution is 5.72. The summed E-state index contributed by atoms with van der Waals surface area (Å²) in [5, 5.41) is 21.9. The Kier molecular flexibility index (Phi) is 5.10. The van der Waals surface area contributed by atoms with Crippen molar-refractivity contribution in [1.82, 2.24) is 15.5 Å². The van der Waals surface area contributed by atoms with Crippen molar-refractivity contribution in [2.45, 2.75) is 44.6 Å². The first kappa shape index (κ1) is 19.9. The second kappa shape index (κ2) is 7.44. The molecule has 0 saturated carbocycles. The Morgan fingerprint density at radius 2 is 2.03 bits per heavy atom. The van der Waals surface area contributed by atoms with E-state index in [0.717, 1.165) is 37.1 Å². The van der Waals surface area contributed by atoms with Gasteiger partial charge in [-0.3, -0.25) is 0 Å². The van der Waals surface area contributed by atoms with Crippen LogP contribution in [0.5, 0.6) is 5.75 Å². The molecule has 156 valence electrons. The number of fused-ring (bicyclic) bond motifs is 1. The molecule has 5 nitrogen and oxygen atoms in total. The first-order valence-electron chi connectivity index (χ1n) is 9.62. The van der Waals surface area contributed by atoms with E-state index >= 15 is 0 Å². The highest BCUT2D eigenvalue weighted by Crippen LogP contribution is 2.39. The maximum absolute atomic E-state index is 13.4. The number of hydrogen-bond donors (Lipinski definition) is 2. The second-order valence-electron chi connectivity index (χ2n) is 7.75. The van der Waals surface area contributed by atoms with Gasteiger partial charge >= 0.3 is 6.18 Å². The number of nitrogens with zero attached hydrogens (tertiary/aromatic N) is 3. The number of aryl methyl sites for hydroxylation is 2. The lowest BCUT2D eigenvalue weighted by molar-refractivity contribution is -0.137. The van der Waals surface area contributed by atoms with Crippen LogP contribution in [0.15, 0.2) is 18.2 Å². The van der Waals surface area contributed by atoms with E-state index in [1.54, 1.807) is 6.07 Å². The van der Waals surface area contributed by atoms with Crippen LogP contribution in [0.3, 0.4) is 0 Å². The zero-order valence-electron chi connectivity index (χ0n) is 15.9. The van der Waals surface area contributed by atoms with Gasteiger partial charge in [0.2, 0.25) is 0 Å². The first-order valence-corrected chi connectivity index (χ1v) is 9.62. The third kappa shape index (κ3) is 4.01. The molecule has 2 aliphatic rings. The van der Waals surface area contributed by atoms with Crippen molar-refractivity contribution in [3.05, 3.63) is 34.9 Å². The van der Waals surface area contributed by atoms with Crippen molar-refractivity contribution in [3.63, 3.8) is 0 Å². The molecule has 0 aliphatic carbocycles. The summed E-state index contributed by atoms with van der Waals surface area (Å²) in [4.78, 5) is 2.07. The van der Waals surface area contributed by atoms with Gasteiger partial charge < -0.3 is 15.3 Å². The van der Waals surface area contributed by atoms with E-state index in [4.69, 9.17) is 0 Å². The molecule has 2 aromatic rings. The van der Waals surface area contributed by atoms with Crippen LogP contribution in [-0.2, 0) is 12.6 Å². The van der Waals surface area contributed by atoms with Crippen molar-refractivity contribution in [2.24, 2.45) is 0 Å². The number of nitrogens with one attached hydrogen (secondary N) is 1. The Balaban J connectivity index is 1.63. The monoisotopic (exact) mass is 410 g/mol. The molecule has 0 unspecified atom stereocenters. The smallest absolute Gasteiger partial charge is 0.416 e. The van der Waals surface area contributed by atoms with E-state index in [1.165, 1.54) is 6.92 Å². The number of aromatic nitrogens is 2. The molecule has 1 aromatic carbocycles. The number of aromatic hydroxyl groups is 1. The van der Waals surface area contributed by atoms with Crippen LogP contribution in [-0.4, -0.2) is 47.2 Å². The van der Waals surface area contributed by atoms with Crippen LogP contribution in [0.25, 0.3) is 11.3 Å². The SMILES string of the molecule is Cc1cc(C(F)(F)F)cc(O)c1-c1cc2c(nn1)N(C[C@@H]1C[C@H](F)CN1)CCC2. The molecule has 4 rings (SSSR count). The molecule has 9 heteroatoms. The maximum Gasteiger partial charge on any atom is 0.416 e. The van der Waals surface area contributed by atoms with Crippen LogP contribution < -0.4 is 10.2 Å². The van der Waals surface area contributed by atoms with E-state index < -0.39 is 23.7 Å². The molecular weight excluding hydrogens is 388 g/mol. The van der Waals surface area contributed by atoms with E-state index in [1.807, 2.05) is 0 Å².